The summed E-state index contributed by atoms with van der Waals surface area (Å²) in [5.74, 6) is 1.14. The third-order valence-electron chi connectivity index (χ3n) is 4.57. The van der Waals surface area contributed by atoms with E-state index in [0.717, 1.165) is 16.7 Å². The van der Waals surface area contributed by atoms with Gasteiger partial charge in [-0.3, -0.25) is 0 Å². The fraction of sp³-hybridized carbons (Fsp3) is 0.474. The predicted octanol–water partition coefficient (Wildman–Crippen LogP) is 3.01. The number of ether oxygens (including phenoxy) is 1. The fourth-order valence-electron chi connectivity index (χ4n) is 3.07. The highest BCUT2D eigenvalue weighted by Gasteiger charge is 2.34. The van der Waals surface area contributed by atoms with Gasteiger partial charge in [0.05, 0.1) is 12.2 Å². The summed E-state index contributed by atoms with van der Waals surface area (Å²) in [6.07, 6.45) is -4.09. The molecule has 2 aromatic rings. The van der Waals surface area contributed by atoms with Crippen LogP contribution in [0.4, 0.5) is 24.8 Å². The van der Waals surface area contributed by atoms with Crippen molar-refractivity contribution in [2.24, 2.45) is 0 Å². The monoisotopic (exact) mass is 396 g/mol. The van der Waals surface area contributed by atoms with E-state index in [4.69, 9.17) is 4.74 Å². The van der Waals surface area contributed by atoms with Crippen molar-refractivity contribution in [2.45, 2.75) is 32.2 Å². The van der Waals surface area contributed by atoms with Crippen LogP contribution >= 0.6 is 0 Å². The largest absolute Gasteiger partial charge is 0.411 e. The van der Waals surface area contributed by atoms with Gasteiger partial charge in [-0.05, 0) is 25.0 Å². The number of aliphatic hydroxyl groups is 1. The molecule has 0 aliphatic carbocycles. The fourth-order valence-corrected chi connectivity index (χ4v) is 3.07. The highest BCUT2D eigenvalue weighted by atomic mass is 19.4. The second kappa shape index (κ2) is 8.32. The Balaban J connectivity index is 1.52. The van der Waals surface area contributed by atoms with Gasteiger partial charge in [0.25, 0.3) is 0 Å². The number of halogens is 3. The van der Waals surface area contributed by atoms with Gasteiger partial charge < -0.3 is 20.1 Å². The van der Waals surface area contributed by atoms with Crippen LogP contribution in [0.25, 0.3) is 0 Å². The van der Waals surface area contributed by atoms with E-state index in [1.807, 2.05) is 36.9 Å². The van der Waals surface area contributed by atoms with Crippen LogP contribution in [-0.2, 0) is 4.74 Å². The lowest BCUT2D eigenvalue weighted by molar-refractivity contribution is -0.187. The van der Waals surface area contributed by atoms with Crippen LogP contribution in [0.1, 0.15) is 22.8 Å². The van der Waals surface area contributed by atoms with Gasteiger partial charge in [-0.25, -0.2) is 9.97 Å². The number of aliphatic hydroxyl groups excluding tert-OH is 1. The normalized spacial score (nSPS) is 16.0. The van der Waals surface area contributed by atoms with Crippen molar-refractivity contribution >= 4 is 11.6 Å². The summed E-state index contributed by atoms with van der Waals surface area (Å²) in [7, 11) is 0. The van der Waals surface area contributed by atoms with Crippen molar-refractivity contribution in [1.29, 1.82) is 0 Å². The Morgan fingerprint density at radius 1 is 1.25 bits per heavy atom. The molecule has 1 aliphatic heterocycles. The number of hydrogen-bond donors (Lipinski definition) is 2. The van der Waals surface area contributed by atoms with E-state index in [0.29, 0.717) is 24.7 Å². The third kappa shape index (κ3) is 5.32. The topological polar surface area (TPSA) is 70.5 Å². The maximum atomic E-state index is 12.2. The molecule has 0 spiro atoms. The Labute approximate surface area is 161 Å². The van der Waals surface area contributed by atoms with Gasteiger partial charge in [0.2, 0.25) is 0 Å². The van der Waals surface area contributed by atoms with E-state index in [-0.39, 0.29) is 6.54 Å². The lowest BCUT2D eigenvalue weighted by Crippen LogP contribution is -2.53. The van der Waals surface area contributed by atoms with Gasteiger partial charge >= 0.3 is 6.18 Å². The quantitative estimate of drug-likeness (QED) is 0.750. The molecular weight excluding hydrogens is 373 g/mol. The number of rotatable bonds is 7. The molecule has 28 heavy (non-hydrogen) atoms. The zero-order valence-corrected chi connectivity index (χ0v) is 15.7. The Kier molecular flexibility index (Phi) is 6.04. The van der Waals surface area contributed by atoms with Crippen molar-refractivity contribution < 1.29 is 23.0 Å². The van der Waals surface area contributed by atoms with E-state index in [1.54, 1.807) is 6.07 Å². The predicted molar refractivity (Wildman–Crippen MR) is 99.4 cm³/mol. The summed E-state index contributed by atoms with van der Waals surface area (Å²) in [6, 6.07) is 7.58. The maximum absolute atomic E-state index is 12.2. The van der Waals surface area contributed by atoms with E-state index in [1.165, 1.54) is 6.33 Å². The van der Waals surface area contributed by atoms with Crippen molar-refractivity contribution in [3.8, 4) is 0 Å². The first kappa shape index (κ1) is 20.3. The summed E-state index contributed by atoms with van der Waals surface area (Å²) in [5, 5.41) is 13.5. The highest BCUT2D eigenvalue weighted by molar-refractivity contribution is 5.50. The van der Waals surface area contributed by atoms with Crippen LogP contribution in [0.15, 0.2) is 30.6 Å². The zero-order chi connectivity index (χ0) is 20.3. The van der Waals surface area contributed by atoms with Crippen LogP contribution in [0.3, 0.4) is 0 Å². The third-order valence-corrected chi connectivity index (χ3v) is 4.57. The molecule has 1 aromatic carbocycles. The average Bonchev–Trinajstić information content (AvgIpc) is 2.58. The van der Waals surface area contributed by atoms with Crippen LogP contribution in [0.5, 0.6) is 0 Å². The molecule has 1 aromatic heterocycles. The van der Waals surface area contributed by atoms with Crippen LogP contribution in [0, 0.1) is 13.8 Å². The van der Waals surface area contributed by atoms with Crippen LogP contribution in [0.2, 0.25) is 0 Å². The summed E-state index contributed by atoms with van der Waals surface area (Å²) < 4.78 is 41.3. The van der Waals surface area contributed by atoms with Crippen LogP contribution < -0.4 is 10.2 Å². The molecule has 0 saturated carbocycles. The molecule has 0 bridgehead atoms. The standard InChI is InChI=1S/C19H23F3N4O2/c1-12-3-4-15(13(2)5-12)16(27)7-23-17-6-18(25-11-24-17)26-8-14(9-26)28-10-19(20,21)22/h3-6,11,14,16,27H,7-10H2,1-2H3,(H,23,24,25). The summed E-state index contributed by atoms with van der Waals surface area (Å²) in [4.78, 5) is 10.1. The van der Waals surface area contributed by atoms with Gasteiger partial charge in [0.15, 0.2) is 0 Å². The first-order valence-corrected chi connectivity index (χ1v) is 8.96. The highest BCUT2D eigenvalue weighted by Crippen LogP contribution is 2.25. The Bertz CT molecular complexity index is 810. The van der Waals surface area contributed by atoms with E-state index < -0.39 is 25.0 Å². The molecule has 6 nitrogen and oxygen atoms in total. The molecular formula is C19H23F3N4O2. The number of anilines is 2. The van der Waals surface area contributed by atoms with Crippen molar-refractivity contribution in [3.63, 3.8) is 0 Å². The molecule has 1 aliphatic rings. The smallest absolute Gasteiger partial charge is 0.387 e. The molecule has 0 radical (unpaired) electrons. The van der Waals surface area contributed by atoms with Gasteiger partial charge in [-0.15, -0.1) is 0 Å². The molecule has 1 atom stereocenters. The molecule has 2 heterocycles. The lowest BCUT2D eigenvalue weighted by Gasteiger charge is -2.39. The second-order valence-electron chi connectivity index (χ2n) is 6.97. The van der Waals surface area contributed by atoms with E-state index in [2.05, 4.69) is 15.3 Å². The number of alkyl halides is 3. The van der Waals surface area contributed by atoms with Crippen LogP contribution in [-0.4, -0.2) is 53.6 Å². The average molecular weight is 396 g/mol. The summed E-state index contributed by atoms with van der Waals surface area (Å²) in [6.45, 7) is 3.68. The number of hydrogen-bond acceptors (Lipinski definition) is 6. The Morgan fingerprint density at radius 3 is 2.68 bits per heavy atom. The minimum absolute atomic E-state index is 0.275. The van der Waals surface area contributed by atoms with E-state index in [9.17, 15) is 18.3 Å². The minimum Gasteiger partial charge on any atom is -0.387 e. The Morgan fingerprint density at radius 2 is 2.00 bits per heavy atom. The number of aromatic nitrogens is 2. The van der Waals surface area contributed by atoms with Crippen molar-refractivity contribution in [1.82, 2.24) is 9.97 Å². The molecule has 152 valence electrons. The Hall–Kier alpha value is -2.39. The van der Waals surface area contributed by atoms with E-state index >= 15 is 0 Å². The van der Waals surface area contributed by atoms with Gasteiger partial charge in [-0.2, -0.15) is 13.2 Å². The lowest BCUT2D eigenvalue weighted by atomic mass is 10.0. The molecule has 2 N–H and O–H groups in total. The molecule has 1 unspecified atom stereocenters. The summed E-state index contributed by atoms with van der Waals surface area (Å²) in [5.41, 5.74) is 3.00. The molecule has 0 amide bonds. The van der Waals surface area contributed by atoms with Crippen molar-refractivity contribution in [3.05, 3.63) is 47.3 Å². The number of nitrogens with zero attached hydrogens (tertiary/aromatic N) is 3. The van der Waals surface area contributed by atoms with Gasteiger partial charge in [-0.1, -0.05) is 23.8 Å². The first-order valence-electron chi connectivity index (χ1n) is 8.96. The molecule has 3 rings (SSSR count). The second-order valence-corrected chi connectivity index (χ2v) is 6.97. The number of nitrogens with one attached hydrogen (secondary N) is 1. The van der Waals surface area contributed by atoms with Gasteiger partial charge in [0, 0.05) is 25.7 Å². The maximum Gasteiger partial charge on any atom is 0.411 e. The number of benzene rings is 1. The minimum atomic E-state index is -4.32. The zero-order valence-electron chi connectivity index (χ0n) is 15.7. The van der Waals surface area contributed by atoms with Gasteiger partial charge in [0.1, 0.15) is 24.6 Å². The SMILES string of the molecule is Cc1ccc(C(O)CNc2cc(N3CC(OCC(F)(F)F)C3)ncn2)c(C)c1. The molecule has 1 saturated heterocycles. The molecule has 9 heteroatoms. The number of aryl methyl sites for hydroxylation is 2. The first-order chi connectivity index (χ1) is 13.2. The van der Waals surface area contributed by atoms with Crippen molar-refractivity contribution in [2.75, 3.05) is 36.5 Å². The summed E-state index contributed by atoms with van der Waals surface area (Å²) >= 11 is 0. The molecule has 1 fully saturated rings.